The number of aromatic nitrogens is 2. The van der Waals surface area contributed by atoms with Gasteiger partial charge >= 0.3 is 0 Å². The molecule has 2 heterocycles. The summed E-state index contributed by atoms with van der Waals surface area (Å²) >= 11 is 0. The maximum absolute atomic E-state index is 12.3. The van der Waals surface area contributed by atoms with E-state index < -0.39 is 10.8 Å². The molecule has 4 nitrogen and oxygen atoms in total. The third kappa shape index (κ3) is 3.53. The molecule has 2 aromatic rings. The van der Waals surface area contributed by atoms with Crippen molar-refractivity contribution in [3.8, 4) is 0 Å². The molecule has 20 heavy (non-hydrogen) atoms. The maximum atomic E-state index is 12.3. The molecule has 0 saturated carbocycles. The predicted octanol–water partition coefficient (Wildman–Crippen LogP) is 2.16. The molecule has 1 aliphatic heterocycles. The minimum absolute atomic E-state index is 0. The fourth-order valence-electron chi connectivity index (χ4n) is 2.42. The summed E-state index contributed by atoms with van der Waals surface area (Å²) in [7, 11) is -1.05. The predicted molar refractivity (Wildman–Crippen MR) is 83.7 cm³/mol. The van der Waals surface area contributed by atoms with Gasteiger partial charge in [0.15, 0.2) is 0 Å². The first-order valence-corrected chi connectivity index (χ1v) is 7.96. The average molecular weight is 312 g/mol. The van der Waals surface area contributed by atoms with Crippen molar-refractivity contribution in [2.75, 3.05) is 18.8 Å². The van der Waals surface area contributed by atoms with Gasteiger partial charge in [-0.15, -0.1) is 12.4 Å². The second kappa shape index (κ2) is 7.11. The summed E-state index contributed by atoms with van der Waals surface area (Å²) in [6.45, 7) is 2.05. The van der Waals surface area contributed by atoms with E-state index >= 15 is 0 Å². The van der Waals surface area contributed by atoms with E-state index in [9.17, 15) is 4.21 Å². The third-order valence-corrected chi connectivity index (χ3v) is 4.88. The van der Waals surface area contributed by atoms with Crippen LogP contribution >= 0.6 is 12.4 Å². The molecule has 1 fully saturated rings. The van der Waals surface area contributed by atoms with Gasteiger partial charge in [-0.25, -0.2) is 4.98 Å². The molecule has 6 heteroatoms. The first-order valence-electron chi connectivity index (χ1n) is 6.64. The van der Waals surface area contributed by atoms with E-state index in [2.05, 4.69) is 15.3 Å². The van der Waals surface area contributed by atoms with Crippen LogP contribution in [0.2, 0.25) is 0 Å². The van der Waals surface area contributed by atoms with Crippen molar-refractivity contribution in [3.63, 3.8) is 0 Å². The first-order chi connectivity index (χ1) is 9.33. The number of para-hydroxylation sites is 2. The van der Waals surface area contributed by atoms with Crippen LogP contribution in [0.4, 0.5) is 0 Å². The summed E-state index contributed by atoms with van der Waals surface area (Å²) in [4.78, 5) is 8.78. The van der Waals surface area contributed by atoms with Gasteiger partial charge < -0.3 is 5.32 Å². The van der Waals surface area contributed by atoms with E-state index in [1.165, 1.54) is 6.42 Å². The average Bonchev–Trinajstić information content (AvgIpc) is 2.48. The van der Waals surface area contributed by atoms with Crippen LogP contribution < -0.4 is 5.32 Å². The molecule has 1 aromatic carbocycles. The minimum atomic E-state index is -1.05. The Bertz CT molecular complexity index is 602. The number of fused-ring (bicyclic) bond motifs is 1. The molecule has 0 spiro atoms. The van der Waals surface area contributed by atoms with E-state index in [0.717, 1.165) is 30.5 Å². The van der Waals surface area contributed by atoms with Crippen LogP contribution in [-0.4, -0.2) is 33.0 Å². The number of piperidine rings is 1. The van der Waals surface area contributed by atoms with Gasteiger partial charge in [-0.05, 0) is 44.0 Å². The van der Waals surface area contributed by atoms with Crippen molar-refractivity contribution in [2.24, 2.45) is 5.92 Å². The van der Waals surface area contributed by atoms with Crippen LogP contribution in [0, 0.1) is 5.92 Å². The highest BCUT2D eigenvalue weighted by atomic mass is 35.5. The van der Waals surface area contributed by atoms with Crippen molar-refractivity contribution >= 4 is 34.2 Å². The molecule has 1 saturated heterocycles. The van der Waals surface area contributed by atoms with Crippen LogP contribution in [0.15, 0.2) is 35.5 Å². The van der Waals surface area contributed by atoms with Gasteiger partial charge in [0.05, 0.1) is 28.0 Å². The molecule has 0 bridgehead atoms. The zero-order valence-electron chi connectivity index (χ0n) is 11.1. The smallest absolute Gasteiger partial charge is 0.146 e. The quantitative estimate of drug-likeness (QED) is 0.944. The number of halogens is 1. The Balaban J connectivity index is 0.00000147. The molecule has 0 aliphatic carbocycles. The lowest BCUT2D eigenvalue weighted by molar-refractivity contribution is 0.408. The summed E-state index contributed by atoms with van der Waals surface area (Å²) in [5.41, 5.74) is 1.66. The largest absolute Gasteiger partial charge is 0.316 e. The highest BCUT2D eigenvalue weighted by molar-refractivity contribution is 7.84. The van der Waals surface area contributed by atoms with Gasteiger partial charge in [-0.1, -0.05) is 12.1 Å². The third-order valence-electron chi connectivity index (χ3n) is 3.45. The summed E-state index contributed by atoms with van der Waals surface area (Å²) in [6, 6.07) is 7.68. The lowest BCUT2D eigenvalue weighted by Gasteiger charge is -2.21. The van der Waals surface area contributed by atoms with E-state index in [0.29, 0.717) is 16.7 Å². The standard InChI is InChI=1S/C14H17N3OS.ClH/c18-19(10-11-4-3-7-15-8-11)14-9-16-12-5-1-2-6-13(12)17-14;/h1-2,5-6,9,11,15H,3-4,7-8,10H2;1H. The topological polar surface area (TPSA) is 54.9 Å². The SMILES string of the molecule is Cl.O=S(CC1CCCNC1)c1cnc2ccccc2n1. The molecule has 1 aromatic heterocycles. The fourth-order valence-corrected chi connectivity index (χ4v) is 3.67. The minimum Gasteiger partial charge on any atom is -0.316 e. The van der Waals surface area contributed by atoms with Crippen LogP contribution in [0.5, 0.6) is 0 Å². The van der Waals surface area contributed by atoms with Crippen molar-refractivity contribution in [1.82, 2.24) is 15.3 Å². The van der Waals surface area contributed by atoms with Gasteiger partial charge in [-0.2, -0.15) is 0 Å². The van der Waals surface area contributed by atoms with Crippen LogP contribution in [-0.2, 0) is 10.8 Å². The number of rotatable bonds is 3. The molecule has 0 radical (unpaired) electrons. The number of benzene rings is 1. The number of hydrogen-bond acceptors (Lipinski definition) is 4. The van der Waals surface area contributed by atoms with E-state index in [1.54, 1.807) is 6.20 Å². The summed E-state index contributed by atoms with van der Waals surface area (Å²) in [5.74, 6) is 1.17. The van der Waals surface area contributed by atoms with E-state index in [4.69, 9.17) is 0 Å². The molecule has 1 N–H and O–H groups in total. The lowest BCUT2D eigenvalue weighted by atomic mass is 10.0. The molecular weight excluding hydrogens is 294 g/mol. The van der Waals surface area contributed by atoms with Gasteiger partial charge in [-0.3, -0.25) is 9.19 Å². The first kappa shape index (κ1) is 15.4. The summed E-state index contributed by atoms with van der Waals surface area (Å²) in [5, 5.41) is 3.95. The molecular formula is C14H18ClN3OS. The van der Waals surface area contributed by atoms with Crippen LogP contribution in [0.25, 0.3) is 11.0 Å². The normalized spacial score (nSPS) is 20.3. The number of hydrogen-bond donors (Lipinski definition) is 1. The Hall–Kier alpha value is -1.04. The Morgan fingerprint density at radius 2 is 2.10 bits per heavy atom. The zero-order chi connectivity index (χ0) is 13.1. The van der Waals surface area contributed by atoms with E-state index in [-0.39, 0.29) is 12.4 Å². The van der Waals surface area contributed by atoms with Gasteiger partial charge in [0, 0.05) is 5.75 Å². The summed E-state index contributed by atoms with van der Waals surface area (Å²) in [6.07, 6.45) is 3.97. The molecule has 0 amide bonds. The van der Waals surface area contributed by atoms with Gasteiger partial charge in [0.25, 0.3) is 0 Å². The second-order valence-corrected chi connectivity index (χ2v) is 6.36. The van der Waals surface area contributed by atoms with Gasteiger partial charge in [0.1, 0.15) is 5.03 Å². The van der Waals surface area contributed by atoms with Crippen molar-refractivity contribution < 1.29 is 4.21 Å². The lowest BCUT2D eigenvalue weighted by Crippen LogP contribution is -2.32. The number of nitrogens with one attached hydrogen (secondary N) is 1. The Kier molecular flexibility index (Phi) is 5.46. The van der Waals surface area contributed by atoms with Crippen LogP contribution in [0.3, 0.4) is 0 Å². The molecule has 2 unspecified atom stereocenters. The molecule has 2 atom stereocenters. The summed E-state index contributed by atoms with van der Waals surface area (Å²) < 4.78 is 12.3. The molecule has 3 rings (SSSR count). The maximum Gasteiger partial charge on any atom is 0.146 e. The Morgan fingerprint density at radius 1 is 1.30 bits per heavy atom. The van der Waals surface area contributed by atoms with Crippen molar-refractivity contribution in [1.29, 1.82) is 0 Å². The van der Waals surface area contributed by atoms with E-state index in [1.807, 2.05) is 24.3 Å². The Labute approximate surface area is 127 Å². The zero-order valence-corrected chi connectivity index (χ0v) is 12.8. The van der Waals surface area contributed by atoms with Crippen LogP contribution in [0.1, 0.15) is 12.8 Å². The van der Waals surface area contributed by atoms with Crippen molar-refractivity contribution in [3.05, 3.63) is 30.5 Å². The highest BCUT2D eigenvalue weighted by Crippen LogP contribution is 2.16. The Morgan fingerprint density at radius 3 is 2.85 bits per heavy atom. The monoisotopic (exact) mass is 311 g/mol. The highest BCUT2D eigenvalue weighted by Gasteiger charge is 2.18. The van der Waals surface area contributed by atoms with Crippen molar-refractivity contribution in [2.45, 2.75) is 17.9 Å². The second-order valence-electron chi connectivity index (χ2n) is 4.92. The molecule has 1 aliphatic rings. The van der Waals surface area contributed by atoms with Gasteiger partial charge in [0.2, 0.25) is 0 Å². The molecule has 108 valence electrons. The fraction of sp³-hybridized carbons (Fsp3) is 0.429. The number of nitrogens with zero attached hydrogens (tertiary/aromatic N) is 2.